The van der Waals surface area contributed by atoms with Gasteiger partial charge in [0, 0.05) is 6.54 Å². The van der Waals surface area contributed by atoms with Gasteiger partial charge in [0.25, 0.3) is 0 Å². The van der Waals surface area contributed by atoms with E-state index in [0.717, 1.165) is 36.5 Å². The van der Waals surface area contributed by atoms with E-state index in [-0.39, 0.29) is 5.92 Å². The van der Waals surface area contributed by atoms with E-state index in [1.54, 1.807) is 11.3 Å². The third-order valence-corrected chi connectivity index (χ3v) is 4.57. The zero-order valence-electron chi connectivity index (χ0n) is 10.6. The zero-order chi connectivity index (χ0) is 13.2. The number of benzene rings is 1. The molecule has 0 saturated carbocycles. The molecule has 19 heavy (non-hydrogen) atoms. The molecule has 4 nitrogen and oxygen atoms in total. The molecule has 0 amide bonds. The van der Waals surface area contributed by atoms with Crippen LogP contribution in [-0.4, -0.2) is 34.0 Å². The molecule has 2 aromatic rings. The van der Waals surface area contributed by atoms with Gasteiger partial charge in [0.1, 0.15) is 5.01 Å². The number of carbonyl (C=O) groups is 1. The number of nitrogens with zero attached hydrogens (tertiary/aromatic N) is 2. The minimum Gasteiger partial charge on any atom is -0.481 e. The number of aromatic nitrogens is 1. The summed E-state index contributed by atoms with van der Waals surface area (Å²) in [6.45, 7) is 2.38. The topological polar surface area (TPSA) is 53.4 Å². The Labute approximate surface area is 115 Å². The van der Waals surface area contributed by atoms with Crippen molar-refractivity contribution in [3.8, 4) is 0 Å². The summed E-state index contributed by atoms with van der Waals surface area (Å²) in [5.41, 5.74) is 1.04. The summed E-state index contributed by atoms with van der Waals surface area (Å²) >= 11 is 1.70. The molecule has 1 aromatic heterocycles. The van der Waals surface area contributed by atoms with Crippen molar-refractivity contribution in [2.45, 2.75) is 19.4 Å². The van der Waals surface area contributed by atoms with Crippen LogP contribution >= 0.6 is 11.3 Å². The van der Waals surface area contributed by atoms with Crippen molar-refractivity contribution in [3.05, 3.63) is 29.3 Å². The molecule has 0 spiro atoms. The number of carboxylic acid groups (broad SMARTS) is 1. The molecule has 0 bridgehead atoms. The molecule has 1 aromatic carbocycles. The van der Waals surface area contributed by atoms with Gasteiger partial charge in [-0.15, -0.1) is 11.3 Å². The lowest BCUT2D eigenvalue weighted by Crippen LogP contribution is -2.38. The predicted molar refractivity (Wildman–Crippen MR) is 75.3 cm³/mol. The second kappa shape index (κ2) is 5.27. The summed E-state index contributed by atoms with van der Waals surface area (Å²) in [7, 11) is 0. The molecular weight excluding hydrogens is 260 g/mol. The third-order valence-electron chi connectivity index (χ3n) is 3.55. The maximum atomic E-state index is 11.1. The molecular formula is C14H16N2O2S. The minimum absolute atomic E-state index is 0.219. The van der Waals surface area contributed by atoms with Gasteiger partial charge in [-0.25, -0.2) is 4.98 Å². The fraction of sp³-hybridized carbons (Fsp3) is 0.429. The minimum atomic E-state index is -0.672. The number of aliphatic carboxylic acids is 1. The Hall–Kier alpha value is -1.46. The lowest BCUT2D eigenvalue weighted by Gasteiger charge is -2.29. The summed E-state index contributed by atoms with van der Waals surface area (Å²) in [6.07, 6.45) is 1.76. The number of rotatable bonds is 3. The highest BCUT2D eigenvalue weighted by Gasteiger charge is 2.25. The van der Waals surface area contributed by atoms with Gasteiger partial charge in [0.05, 0.1) is 22.7 Å². The molecule has 0 unspecified atom stereocenters. The molecule has 1 fully saturated rings. The van der Waals surface area contributed by atoms with E-state index in [4.69, 9.17) is 5.11 Å². The van der Waals surface area contributed by atoms with Crippen molar-refractivity contribution < 1.29 is 9.90 Å². The van der Waals surface area contributed by atoms with Crippen LogP contribution in [0.1, 0.15) is 17.8 Å². The number of piperidine rings is 1. The summed E-state index contributed by atoms with van der Waals surface area (Å²) in [6, 6.07) is 8.11. The van der Waals surface area contributed by atoms with Crippen LogP contribution < -0.4 is 0 Å². The first-order chi connectivity index (χ1) is 9.22. The van der Waals surface area contributed by atoms with Crippen molar-refractivity contribution in [2.24, 2.45) is 5.92 Å². The molecule has 1 aliphatic heterocycles. The van der Waals surface area contributed by atoms with Crippen LogP contribution in [0, 0.1) is 5.92 Å². The fourth-order valence-corrected chi connectivity index (χ4v) is 3.59. The van der Waals surface area contributed by atoms with Gasteiger partial charge in [-0.2, -0.15) is 0 Å². The molecule has 1 saturated heterocycles. The first-order valence-corrected chi connectivity index (χ1v) is 7.33. The Kier molecular flexibility index (Phi) is 3.48. The molecule has 1 aliphatic rings. The van der Waals surface area contributed by atoms with E-state index >= 15 is 0 Å². The Morgan fingerprint density at radius 1 is 1.47 bits per heavy atom. The van der Waals surface area contributed by atoms with Crippen molar-refractivity contribution in [1.82, 2.24) is 9.88 Å². The van der Waals surface area contributed by atoms with E-state index in [1.807, 2.05) is 18.2 Å². The molecule has 0 aliphatic carbocycles. The smallest absolute Gasteiger partial charge is 0.307 e. The average Bonchev–Trinajstić information content (AvgIpc) is 2.81. The molecule has 1 atom stereocenters. The van der Waals surface area contributed by atoms with E-state index in [9.17, 15) is 4.79 Å². The van der Waals surface area contributed by atoms with Crippen LogP contribution in [0.5, 0.6) is 0 Å². The number of thiazole rings is 1. The Morgan fingerprint density at radius 2 is 2.32 bits per heavy atom. The monoisotopic (exact) mass is 276 g/mol. The van der Waals surface area contributed by atoms with Crippen LogP contribution in [0.3, 0.4) is 0 Å². The van der Waals surface area contributed by atoms with Gasteiger partial charge in [-0.05, 0) is 31.5 Å². The normalized spacial score (nSPS) is 20.7. The van der Waals surface area contributed by atoms with Crippen molar-refractivity contribution >= 4 is 27.5 Å². The number of para-hydroxylation sites is 1. The van der Waals surface area contributed by atoms with Gasteiger partial charge in [-0.1, -0.05) is 12.1 Å². The lowest BCUT2D eigenvalue weighted by atomic mass is 9.98. The second-order valence-electron chi connectivity index (χ2n) is 4.99. The summed E-state index contributed by atoms with van der Waals surface area (Å²) in [4.78, 5) is 17.9. The van der Waals surface area contributed by atoms with E-state index in [2.05, 4.69) is 16.0 Å². The van der Waals surface area contributed by atoms with Crippen LogP contribution in [0.2, 0.25) is 0 Å². The van der Waals surface area contributed by atoms with E-state index in [0.29, 0.717) is 6.54 Å². The van der Waals surface area contributed by atoms with Crippen molar-refractivity contribution in [3.63, 3.8) is 0 Å². The SMILES string of the molecule is O=C(O)[C@H]1CCCN(Cc2nc3ccccc3s2)C1. The quantitative estimate of drug-likeness (QED) is 0.936. The van der Waals surface area contributed by atoms with E-state index < -0.39 is 5.97 Å². The Morgan fingerprint density at radius 3 is 3.11 bits per heavy atom. The summed E-state index contributed by atoms with van der Waals surface area (Å²) in [5, 5.41) is 10.2. The van der Waals surface area contributed by atoms with Crippen LogP contribution in [0.25, 0.3) is 10.2 Å². The Bertz CT molecular complexity index is 563. The van der Waals surface area contributed by atoms with Gasteiger partial charge in [0.15, 0.2) is 0 Å². The maximum Gasteiger partial charge on any atom is 0.307 e. The standard InChI is InChI=1S/C14H16N2O2S/c17-14(18)10-4-3-7-16(8-10)9-13-15-11-5-1-2-6-12(11)19-13/h1-2,5-6,10H,3-4,7-9H2,(H,17,18)/t10-/m0/s1. The maximum absolute atomic E-state index is 11.1. The van der Waals surface area contributed by atoms with Crippen molar-refractivity contribution in [2.75, 3.05) is 13.1 Å². The molecule has 0 radical (unpaired) electrons. The lowest BCUT2D eigenvalue weighted by molar-refractivity contribution is -0.143. The van der Waals surface area contributed by atoms with Gasteiger partial charge < -0.3 is 5.11 Å². The summed E-state index contributed by atoms with van der Waals surface area (Å²) < 4.78 is 1.20. The van der Waals surface area contributed by atoms with Gasteiger partial charge in [-0.3, -0.25) is 9.69 Å². The highest BCUT2D eigenvalue weighted by molar-refractivity contribution is 7.18. The fourth-order valence-electron chi connectivity index (χ4n) is 2.58. The number of carboxylic acids is 1. The molecule has 1 N–H and O–H groups in total. The van der Waals surface area contributed by atoms with E-state index in [1.165, 1.54) is 4.70 Å². The van der Waals surface area contributed by atoms with Gasteiger partial charge in [0.2, 0.25) is 0 Å². The predicted octanol–water partition coefficient (Wildman–Crippen LogP) is 2.59. The molecule has 2 heterocycles. The molecule has 5 heteroatoms. The highest BCUT2D eigenvalue weighted by atomic mass is 32.1. The largest absolute Gasteiger partial charge is 0.481 e. The van der Waals surface area contributed by atoms with Gasteiger partial charge >= 0.3 is 5.97 Å². The zero-order valence-corrected chi connectivity index (χ0v) is 11.4. The van der Waals surface area contributed by atoms with Crippen LogP contribution in [-0.2, 0) is 11.3 Å². The Balaban J connectivity index is 1.72. The average molecular weight is 276 g/mol. The third kappa shape index (κ3) is 2.77. The number of hydrogen-bond donors (Lipinski definition) is 1. The molecule has 100 valence electrons. The van der Waals surface area contributed by atoms with Crippen LogP contribution in [0.4, 0.5) is 0 Å². The first kappa shape index (κ1) is 12.6. The van der Waals surface area contributed by atoms with Crippen LogP contribution in [0.15, 0.2) is 24.3 Å². The molecule has 3 rings (SSSR count). The number of fused-ring (bicyclic) bond motifs is 1. The highest BCUT2D eigenvalue weighted by Crippen LogP contribution is 2.24. The van der Waals surface area contributed by atoms with Crippen molar-refractivity contribution in [1.29, 1.82) is 0 Å². The number of hydrogen-bond acceptors (Lipinski definition) is 4. The summed E-state index contributed by atoms with van der Waals surface area (Å²) in [5.74, 6) is -0.892. The number of likely N-dealkylation sites (tertiary alicyclic amines) is 1. The first-order valence-electron chi connectivity index (χ1n) is 6.52. The second-order valence-corrected chi connectivity index (χ2v) is 6.10.